The van der Waals surface area contributed by atoms with Crippen molar-refractivity contribution in [3.05, 3.63) is 65.7 Å². The van der Waals surface area contributed by atoms with E-state index in [0.717, 1.165) is 11.3 Å². The van der Waals surface area contributed by atoms with Crippen LogP contribution in [0.1, 0.15) is 34.8 Å². The molecule has 0 aliphatic heterocycles. The standard InChI is InChI=1S/C19H21N3O5S/c1-13-5-7-16(8-6-13)28(24,25)11-9-17-21-19(27-22-17)18(23)20-14(2)12-15-4-3-10-26-15/h3-8,10,14H,9,11-12H2,1-2H3,(H,20,23)/t14-/m1/s1. The van der Waals surface area contributed by atoms with Gasteiger partial charge in [0, 0.05) is 18.9 Å². The molecule has 148 valence electrons. The second kappa shape index (κ2) is 8.39. The number of nitrogens with zero attached hydrogens (tertiary/aromatic N) is 2. The number of benzene rings is 1. The van der Waals surface area contributed by atoms with Gasteiger partial charge in [-0.05, 0) is 38.1 Å². The summed E-state index contributed by atoms with van der Waals surface area (Å²) in [6, 6.07) is 10.0. The van der Waals surface area contributed by atoms with E-state index in [1.807, 2.05) is 19.9 Å². The zero-order valence-electron chi connectivity index (χ0n) is 15.6. The number of carbonyl (C=O) groups is 1. The molecule has 0 saturated carbocycles. The molecule has 0 aliphatic rings. The number of aryl methyl sites for hydroxylation is 2. The first kappa shape index (κ1) is 19.8. The van der Waals surface area contributed by atoms with Crippen molar-refractivity contribution in [2.24, 2.45) is 0 Å². The van der Waals surface area contributed by atoms with Gasteiger partial charge < -0.3 is 14.3 Å². The summed E-state index contributed by atoms with van der Waals surface area (Å²) in [4.78, 5) is 16.4. The SMILES string of the molecule is Cc1ccc(S(=O)(=O)CCc2noc(C(=O)N[C@H](C)Cc3ccco3)n2)cc1. The average Bonchev–Trinajstić information content (AvgIpc) is 3.32. The number of nitrogens with one attached hydrogen (secondary N) is 1. The van der Waals surface area contributed by atoms with E-state index in [-0.39, 0.29) is 34.8 Å². The van der Waals surface area contributed by atoms with Crippen LogP contribution in [0.15, 0.2) is 56.5 Å². The normalized spacial score (nSPS) is 12.6. The van der Waals surface area contributed by atoms with Gasteiger partial charge in [0.2, 0.25) is 0 Å². The number of hydrogen-bond donors (Lipinski definition) is 1. The molecular formula is C19H21N3O5S. The van der Waals surface area contributed by atoms with Crippen LogP contribution in [0.25, 0.3) is 0 Å². The van der Waals surface area contributed by atoms with Gasteiger partial charge in [0.15, 0.2) is 15.7 Å². The van der Waals surface area contributed by atoms with E-state index in [0.29, 0.717) is 6.42 Å². The number of hydrogen-bond acceptors (Lipinski definition) is 7. The third kappa shape index (κ3) is 5.07. The highest BCUT2D eigenvalue weighted by molar-refractivity contribution is 7.91. The highest BCUT2D eigenvalue weighted by atomic mass is 32.2. The van der Waals surface area contributed by atoms with E-state index in [1.165, 1.54) is 0 Å². The monoisotopic (exact) mass is 403 g/mol. The second-order valence-corrected chi connectivity index (χ2v) is 8.66. The van der Waals surface area contributed by atoms with Gasteiger partial charge in [0.05, 0.1) is 16.9 Å². The van der Waals surface area contributed by atoms with E-state index in [4.69, 9.17) is 8.94 Å². The molecule has 1 aromatic carbocycles. The molecule has 0 radical (unpaired) electrons. The Morgan fingerprint density at radius 2 is 1.96 bits per heavy atom. The minimum atomic E-state index is -3.47. The summed E-state index contributed by atoms with van der Waals surface area (Å²) >= 11 is 0. The van der Waals surface area contributed by atoms with Crippen molar-refractivity contribution in [1.29, 1.82) is 0 Å². The predicted octanol–water partition coefficient (Wildman–Crippen LogP) is 2.35. The van der Waals surface area contributed by atoms with Crippen molar-refractivity contribution in [3.63, 3.8) is 0 Å². The number of sulfone groups is 1. The molecule has 2 aromatic heterocycles. The van der Waals surface area contributed by atoms with Crippen molar-refractivity contribution in [3.8, 4) is 0 Å². The minimum absolute atomic E-state index is 0.0505. The number of aromatic nitrogens is 2. The van der Waals surface area contributed by atoms with E-state index < -0.39 is 15.7 Å². The molecule has 1 atom stereocenters. The van der Waals surface area contributed by atoms with Gasteiger partial charge in [-0.25, -0.2) is 8.42 Å². The van der Waals surface area contributed by atoms with Gasteiger partial charge in [-0.15, -0.1) is 0 Å². The van der Waals surface area contributed by atoms with Gasteiger partial charge in [0.1, 0.15) is 5.76 Å². The van der Waals surface area contributed by atoms with Crippen LogP contribution in [-0.4, -0.2) is 36.3 Å². The first-order valence-corrected chi connectivity index (χ1v) is 10.4. The van der Waals surface area contributed by atoms with E-state index in [2.05, 4.69) is 15.5 Å². The van der Waals surface area contributed by atoms with Crippen molar-refractivity contribution in [2.75, 3.05) is 5.75 Å². The van der Waals surface area contributed by atoms with Crippen LogP contribution in [-0.2, 0) is 22.7 Å². The maximum atomic E-state index is 12.4. The molecule has 1 amide bonds. The van der Waals surface area contributed by atoms with Crippen molar-refractivity contribution in [1.82, 2.24) is 15.5 Å². The Morgan fingerprint density at radius 1 is 1.21 bits per heavy atom. The maximum Gasteiger partial charge on any atom is 0.315 e. The van der Waals surface area contributed by atoms with Gasteiger partial charge in [0.25, 0.3) is 0 Å². The minimum Gasteiger partial charge on any atom is -0.469 e. The van der Waals surface area contributed by atoms with Crippen molar-refractivity contribution >= 4 is 15.7 Å². The molecule has 8 nitrogen and oxygen atoms in total. The van der Waals surface area contributed by atoms with Crippen LogP contribution in [0, 0.1) is 6.92 Å². The number of furan rings is 1. The molecule has 0 bridgehead atoms. The molecule has 0 fully saturated rings. The van der Waals surface area contributed by atoms with Crippen LogP contribution in [0.5, 0.6) is 0 Å². The Balaban J connectivity index is 1.56. The Bertz CT molecular complexity index is 1020. The summed E-state index contributed by atoms with van der Waals surface area (Å²) < 4.78 is 35.0. The fraction of sp³-hybridized carbons (Fsp3) is 0.316. The smallest absolute Gasteiger partial charge is 0.315 e. The Hall–Kier alpha value is -2.94. The summed E-state index contributed by atoms with van der Waals surface area (Å²) in [7, 11) is -3.47. The van der Waals surface area contributed by atoms with E-state index in [9.17, 15) is 13.2 Å². The lowest BCUT2D eigenvalue weighted by Crippen LogP contribution is -2.34. The molecule has 0 spiro atoms. The molecular weight excluding hydrogens is 382 g/mol. The number of carbonyl (C=O) groups excluding carboxylic acids is 1. The highest BCUT2D eigenvalue weighted by Gasteiger charge is 2.20. The zero-order chi connectivity index (χ0) is 20.1. The molecule has 2 heterocycles. The Morgan fingerprint density at radius 3 is 2.64 bits per heavy atom. The number of rotatable bonds is 8. The van der Waals surface area contributed by atoms with Gasteiger partial charge in [-0.3, -0.25) is 4.79 Å². The first-order chi connectivity index (χ1) is 13.3. The Kier molecular flexibility index (Phi) is 5.93. The Labute approximate surface area is 162 Å². The predicted molar refractivity (Wildman–Crippen MR) is 101 cm³/mol. The van der Waals surface area contributed by atoms with E-state index >= 15 is 0 Å². The molecule has 9 heteroatoms. The fourth-order valence-electron chi connectivity index (χ4n) is 2.60. The van der Waals surface area contributed by atoms with Crippen LogP contribution in [0.4, 0.5) is 0 Å². The topological polar surface area (TPSA) is 115 Å². The summed E-state index contributed by atoms with van der Waals surface area (Å²) in [6.45, 7) is 3.71. The van der Waals surface area contributed by atoms with Crippen molar-refractivity contribution < 1.29 is 22.2 Å². The lowest BCUT2D eigenvalue weighted by atomic mass is 10.2. The summed E-state index contributed by atoms with van der Waals surface area (Å²) in [5, 5.41) is 6.44. The quantitative estimate of drug-likeness (QED) is 0.614. The third-order valence-electron chi connectivity index (χ3n) is 4.10. The van der Waals surface area contributed by atoms with Gasteiger partial charge >= 0.3 is 11.8 Å². The van der Waals surface area contributed by atoms with E-state index in [1.54, 1.807) is 36.6 Å². The third-order valence-corrected chi connectivity index (χ3v) is 5.83. The largest absolute Gasteiger partial charge is 0.469 e. The molecule has 3 rings (SSSR count). The second-order valence-electron chi connectivity index (χ2n) is 6.56. The zero-order valence-corrected chi connectivity index (χ0v) is 16.4. The van der Waals surface area contributed by atoms with Crippen LogP contribution in [0.2, 0.25) is 0 Å². The van der Waals surface area contributed by atoms with Crippen LogP contribution < -0.4 is 5.32 Å². The first-order valence-electron chi connectivity index (χ1n) is 8.79. The molecule has 1 N–H and O–H groups in total. The average molecular weight is 403 g/mol. The van der Waals surface area contributed by atoms with Crippen LogP contribution in [0.3, 0.4) is 0 Å². The molecule has 3 aromatic rings. The van der Waals surface area contributed by atoms with Crippen molar-refractivity contribution in [2.45, 2.75) is 37.6 Å². The van der Waals surface area contributed by atoms with Crippen LogP contribution >= 0.6 is 0 Å². The fourth-order valence-corrected chi connectivity index (χ4v) is 3.84. The van der Waals surface area contributed by atoms with Gasteiger partial charge in [-0.2, -0.15) is 4.98 Å². The highest BCUT2D eigenvalue weighted by Crippen LogP contribution is 2.13. The summed E-state index contributed by atoms with van der Waals surface area (Å²) in [5.74, 6) is 0.0269. The molecule has 0 saturated heterocycles. The molecule has 0 unspecified atom stereocenters. The molecule has 28 heavy (non-hydrogen) atoms. The maximum absolute atomic E-state index is 12.4. The lowest BCUT2D eigenvalue weighted by Gasteiger charge is -2.10. The lowest BCUT2D eigenvalue weighted by molar-refractivity contribution is 0.0895. The molecule has 0 aliphatic carbocycles. The summed E-state index contributed by atoms with van der Waals surface area (Å²) in [5.41, 5.74) is 0.981. The summed E-state index contributed by atoms with van der Waals surface area (Å²) in [6.07, 6.45) is 2.14. The number of amides is 1. The van der Waals surface area contributed by atoms with Gasteiger partial charge in [-0.1, -0.05) is 22.9 Å².